The van der Waals surface area contributed by atoms with E-state index in [-0.39, 0.29) is 35.9 Å². The van der Waals surface area contributed by atoms with Crippen LogP contribution in [0.15, 0.2) is 36.4 Å². The fourth-order valence-electron chi connectivity index (χ4n) is 1.91. The maximum Gasteiger partial charge on any atom is 0.269 e. The molecule has 0 unspecified atom stereocenters. The molecule has 2 aromatic rings. The first-order chi connectivity index (χ1) is 10.9. The number of rotatable bonds is 5. The SMILES string of the molecule is O=C(Cc1ccc(Cl)c(Cl)c1)NCc1cc([N+](=O)[O-])ccc1[O-]. The molecule has 0 aliphatic heterocycles. The highest BCUT2D eigenvalue weighted by molar-refractivity contribution is 6.42. The lowest BCUT2D eigenvalue weighted by Gasteiger charge is -2.13. The number of halogens is 2. The van der Waals surface area contributed by atoms with Crippen LogP contribution in [0.3, 0.4) is 0 Å². The summed E-state index contributed by atoms with van der Waals surface area (Å²) in [6.45, 7) is -0.0827. The third-order valence-electron chi connectivity index (χ3n) is 3.08. The van der Waals surface area contributed by atoms with Gasteiger partial charge in [-0.1, -0.05) is 35.3 Å². The summed E-state index contributed by atoms with van der Waals surface area (Å²) in [6.07, 6.45) is 0.0556. The van der Waals surface area contributed by atoms with E-state index in [1.807, 2.05) is 0 Å². The van der Waals surface area contributed by atoms with Gasteiger partial charge in [0.05, 0.1) is 21.4 Å². The van der Waals surface area contributed by atoms with Gasteiger partial charge in [0.15, 0.2) is 0 Å². The van der Waals surface area contributed by atoms with Gasteiger partial charge in [0.2, 0.25) is 5.91 Å². The average molecular weight is 354 g/mol. The lowest BCUT2D eigenvalue weighted by molar-refractivity contribution is -0.385. The molecule has 2 aromatic carbocycles. The van der Waals surface area contributed by atoms with Crippen molar-refractivity contribution < 1.29 is 14.8 Å². The second-order valence-corrected chi connectivity index (χ2v) is 5.57. The summed E-state index contributed by atoms with van der Waals surface area (Å²) in [5, 5.41) is 25.6. The highest BCUT2D eigenvalue weighted by atomic mass is 35.5. The van der Waals surface area contributed by atoms with E-state index < -0.39 is 4.92 Å². The Balaban J connectivity index is 2.00. The Hall–Kier alpha value is -2.31. The number of nitrogens with one attached hydrogen (secondary N) is 1. The summed E-state index contributed by atoms with van der Waals surface area (Å²) in [4.78, 5) is 22.0. The molecule has 0 radical (unpaired) electrons. The molecule has 0 spiro atoms. The second kappa shape index (κ2) is 7.30. The Morgan fingerprint density at radius 1 is 1.13 bits per heavy atom. The molecule has 0 aliphatic rings. The number of benzene rings is 2. The number of amides is 1. The van der Waals surface area contributed by atoms with Crippen LogP contribution < -0.4 is 10.4 Å². The fraction of sp³-hybridized carbons (Fsp3) is 0.133. The summed E-state index contributed by atoms with van der Waals surface area (Å²) in [6, 6.07) is 8.22. The fourth-order valence-corrected chi connectivity index (χ4v) is 2.23. The Morgan fingerprint density at radius 3 is 2.52 bits per heavy atom. The summed E-state index contributed by atoms with van der Waals surface area (Å²) >= 11 is 11.7. The smallest absolute Gasteiger partial charge is 0.269 e. The molecule has 6 nitrogen and oxygen atoms in total. The molecule has 0 bridgehead atoms. The van der Waals surface area contributed by atoms with Gasteiger partial charge in [-0.25, -0.2) is 0 Å². The number of nitro groups is 1. The number of hydrogen-bond acceptors (Lipinski definition) is 4. The molecular weight excluding hydrogens is 343 g/mol. The van der Waals surface area contributed by atoms with Gasteiger partial charge in [0.25, 0.3) is 5.69 Å². The normalized spacial score (nSPS) is 10.3. The number of nitro benzene ring substituents is 1. The monoisotopic (exact) mass is 353 g/mol. The van der Waals surface area contributed by atoms with Crippen molar-refractivity contribution in [2.24, 2.45) is 0 Å². The number of hydrogen-bond donors (Lipinski definition) is 1. The van der Waals surface area contributed by atoms with Crippen molar-refractivity contribution in [3.05, 3.63) is 67.7 Å². The van der Waals surface area contributed by atoms with Crippen LogP contribution in [0.2, 0.25) is 10.0 Å². The molecule has 0 heterocycles. The number of nitrogens with zero attached hydrogens (tertiary/aromatic N) is 1. The largest absolute Gasteiger partial charge is 0.872 e. The van der Waals surface area contributed by atoms with Gasteiger partial charge in [0.1, 0.15) is 0 Å². The molecule has 2 rings (SSSR count). The van der Waals surface area contributed by atoms with E-state index in [4.69, 9.17) is 23.2 Å². The zero-order valence-electron chi connectivity index (χ0n) is 11.7. The van der Waals surface area contributed by atoms with E-state index in [1.165, 1.54) is 0 Å². The van der Waals surface area contributed by atoms with Gasteiger partial charge in [-0.2, -0.15) is 0 Å². The molecule has 23 heavy (non-hydrogen) atoms. The average Bonchev–Trinajstić information content (AvgIpc) is 2.50. The third-order valence-corrected chi connectivity index (χ3v) is 3.82. The number of carbonyl (C=O) groups excluding carboxylic acids is 1. The van der Waals surface area contributed by atoms with E-state index in [1.54, 1.807) is 18.2 Å². The molecule has 0 atom stereocenters. The molecule has 0 aromatic heterocycles. The molecular formula is C15H11Cl2N2O4-. The van der Waals surface area contributed by atoms with Gasteiger partial charge >= 0.3 is 0 Å². The molecule has 1 N–H and O–H groups in total. The topological polar surface area (TPSA) is 95.3 Å². The van der Waals surface area contributed by atoms with E-state index in [2.05, 4.69) is 5.32 Å². The highest BCUT2D eigenvalue weighted by Crippen LogP contribution is 2.23. The lowest BCUT2D eigenvalue weighted by atomic mass is 10.1. The van der Waals surface area contributed by atoms with Crippen LogP contribution >= 0.6 is 23.2 Å². The zero-order valence-corrected chi connectivity index (χ0v) is 13.2. The second-order valence-electron chi connectivity index (χ2n) is 4.75. The van der Waals surface area contributed by atoms with Crippen LogP contribution in [0, 0.1) is 10.1 Å². The van der Waals surface area contributed by atoms with Gasteiger partial charge in [-0.15, -0.1) is 5.75 Å². The Morgan fingerprint density at radius 2 is 1.87 bits per heavy atom. The van der Waals surface area contributed by atoms with E-state index in [0.29, 0.717) is 15.6 Å². The number of carbonyl (C=O) groups is 1. The summed E-state index contributed by atoms with van der Waals surface area (Å²) in [5.41, 5.74) is 0.623. The van der Waals surface area contributed by atoms with Gasteiger partial charge < -0.3 is 10.4 Å². The predicted octanol–water partition coefficient (Wildman–Crippen LogP) is 2.83. The van der Waals surface area contributed by atoms with Crippen LogP contribution in [0.4, 0.5) is 5.69 Å². The molecule has 8 heteroatoms. The first kappa shape index (κ1) is 17.1. The molecule has 0 fully saturated rings. The molecule has 0 saturated heterocycles. The Labute approximate surface area is 141 Å². The minimum absolute atomic E-state index is 0.0556. The summed E-state index contributed by atoms with van der Waals surface area (Å²) in [5.74, 6) is -0.709. The number of non-ortho nitro benzene ring substituents is 1. The van der Waals surface area contributed by atoms with Crippen molar-refractivity contribution in [2.75, 3.05) is 0 Å². The highest BCUT2D eigenvalue weighted by Gasteiger charge is 2.09. The van der Waals surface area contributed by atoms with Crippen molar-refractivity contribution in [3.8, 4) is 5.75 Å². The minimum atomic E-state index is -0.597. The van der Waals surface area contributed by atoms with E-state index in [0.717, 1.165) is 18.2 Å². The lowest BCUT2D eigenvalue weighted by Crippen LogP contribution is -2.25. The summed E-state index contributed by atoms with van der Waals surface area (Å²) < 4.78 is 0. The van der Waals surface area contributed by atoms with Gasteiger partial charge in [0, 0.05) is 18.7 Å². The zero-order chi connectivity index (χ0) is 17.0. The summed E-state index contributed by atoms with van der Waals surface area (Å²) in [7, 11) is 0. The Kier molecular flexibility index (Phi) is 5.41. The standard InChI is InChI=1S/C15H12Cl2N2O4/c16-12-3-1-9(5-13(12)17)6-15(21)18-8-10-7-11(19(22)23)2-4-14(10)20/h1-5,7,20H,6,8H2,(H,18,21)/p-1. The van der Waals surface area contributed by atoms with Crippen molar-refractivity contribution in [1.82, 2.24) is 5.32 Å². The van der Waals surface area contributed by atoms with Crippen LogP contribution in [0.25, 0.3) is 0 Å². The van der Waals surface area contributed by atoms with Crippen molar-refractivity contribution in [2.45, 2.75) is 13.0 Å². The first-order valence-electron chi connectivity index (χ1n) is 6.52. The van der Waals surface area contributed by atoms with E-state index >= 15 is 0 Å². The van der Waals surface area contributed by atoms with Crippen molar-refractivity contribution in [1.29, 1.82) is 0 Å². The third kappa shape index (κ3) is 4.58. The maximum atomic E-state index is 11.9. The van der Waals surface area contributed by atoms with Crippen LogP contribution in [0.5, 0.6) is 5.75 Å². The molecule has 1 amide bonds. The van der Waals surface area contributed by atoms with Crippen molar-refractivity contribution >= 4 is 34.8 Å². The maximum absolute atomic E-state index is 11.9. The molecule has 0 saturated carbocycles. The molecule has 0 aliphatic carbocycles. The van der Waals surface area contributed by atoms with Gasteiger partial charge in [-0.05, 0) is 23.3 Å². The minimum Gasteiger partial charge on any atom is -0.872 e. The van der Waals surface area contributed by atoms with Crippen LogP contribution in [0.1, 0.15) is 11.1 Å². The first-order valence-corrected chi connectivity index (χ1v) is 7.27. The Bertz CT molecular complexity index is 765. The quantitative estimate of drug-likeness (QED) is 0.660. The molecule has 120 valence electrons. The predicted molar refractivity (Wildman–Crippen MR) is 84.6 cm³/mol. The van der Waals surface area contributed by atoms with Crippen LogP contribution in [-0.2, 0) is 17.8 Å². The van der Waals surface area contributed by atoms with Crippen LogP contribution in [-0.4, -0.2) is 10.8 Å². The van der Waals surface area contributed by atoms with E-state index in [9.17, 15) is 20.0 Å². The van der Waals surface area contributed by atoms with Crippen molar-refractivity contribution in [3.63, 3.8) is 0 Å². The van der Waals surface area contributed by atoms with Gasteiger partial charge in [-0.3, -0.25) is 14.9 Å².